The molecule has 106 valence electrons. The highest BCUT2D eigenvalue weighted by molar-refractivity contribution is 9.08. The third-order valence-electron chi connectivity index (χ3n) is 2.09. The van der Waals surface area contributed by atoms with Crippen LogP contribution in [-0.2, 0) is 10.1 Å². The number of hydrogen-bond donors (Lipinski definition) is 0. The first-order valence-corrected chi connectivity index (χ1v) is 6.73. The maximum absolute atomic E-state index is 12.8. The van der Waals surface area contributed by atoms with Gasteiger partial charge in [-0.25, -0.2) is 13.6 Å². The molecule has 0 spiro atoms. The van der Waals surface area contributed by atoms with Crippen molar-refractivity contribution in [1.29, 1.82) is 0 Å². The van der Waals surface area contributed by atoms with E-state index in [2.05, 4.69) is 15.9 Å². The van der Waals surface area contributed by atoms with Crippen LogP contribution in [0.4, 0.5) is 13.6 Å². The summed E-state index contributed by atoms with van der Waals surface area (Å²) < 4.78 is 35.4. The van der Waals surface area contributed by atoms with E-state index in [1.54, 1.807) is 20.8 Å². The van der Waals surface area contributed by atoms with E-state index in [0.29, 0.717) is 10.9 Å². The van der Waals surface area contributed by atoms with Gasteiger partial charge in [-0.1, -0.05) is 22.0 Å². The molecule has 1 rings (SSSR count). The van der Waals surface area contributed by atoms with Crippen LogP contribution in [-0.4, -0.2) is 11.8 Å². The molecule has 0 radical (unpaired) electrons. The molecule has 3 nitrogen and oxygen atoms in total. The molecular weight excluding hydrogens is 322 g/mol. The van der Waals surface area contributed by atoms with Crippen LogP contribution in [0.15, 0.2) is 18.2 Å². The molecule has 0 N–H and O–H groups in total. The Hall–Kier alpha value is -1.17. The molecule has 6 heteroatoms. The standard InChI is InChI=1S/C13H15BrF2O3/c1-13(2,3)19-12(17)18-9-5-4-8(7-14)10(6-9)11(15)16/h4-6,11H,7H2,1-3H3. The Morgan fingerprint density at radius 2 is 2.00 bits per heavy atom. The van der Waals surface area contributed by atoms with E-state index in [9.17, 15) is 13.6 Å². The van der Waals surface area contributed by atoms with E-state index >= 15 is 0 Å². The third kappa shape index (κ3) is 5.14. The summed E-state index contributed by atoms with van der Waals surface area (Å²) in [6.07, 6.45) is -3.55. The fraction of sp³-hybridized carbons (Fsp3) is 0.462. The van der Waals surface area contributed by atoms with Crippen LogP contribution >= 0.6 is 15.9 Å². The first kappa shape index (κ1) is 15.9. The second kappa shape index (κ2) is 6.32. The number of hydrogen-bond acceptors (Lipinski definition) is 3. The lowest BCUT2D eigenvalue weighted by Gasteiger charge is -2.19. The highest BCUT2D eigenvalue weighted by Crippen LogP contribution is 2.29. The minimum Gasteiger partial charge on any atom is -0.428 e. The topological polar surface area (TPSA) is 35.5 Å². The number of benzene rings is 1. The van der Waals surface area contributed by atoms with E-state index in [0.717, 1.165) is 6.07 Å². The summed E-state index contributed by atoms with van der Waals surface area (Å²) in [5.41, 5.74) is -0.414. The minimum absolute atomic E-state index is 0.0363. The molecule has 0 unspecified atom stereocenters. The lowest BCUT2D eigenvalue weighted by Crippen LogP contribution is -2.26. The summed E-state index contributed by atoms with van der Waals surface area (Å²) in [5, 5.41) is 0.305. The minimum atomic E-state index is -2.63. The molecule has 19 heavy (non-hydrogen) atoms. The van der Waals surface area contributed by atoms with Gasteiger partial charge in [0, 0.05) is 10.9 Å². The van der Waals surface area contributed by atoms with Gasteiger partial charge in [0.1, 0.15) is 11.4 Å². The average Bonchev–Trinajstić information content (AvgIpc) is 2.26. The van der Waals surface area contributed by atoms with E-state index < -0.39 is 18.2 Å². The molecule has 0 bridgehead atoms. The fourth-order valence-electron chi connectivity index (χ4n) is 1.33. The van der Waals surface area contributed by atoms with Crippen molar-refractivity contribution in [2.75, 3.05) is 0 Å². The number of rotatable bonds is 3. The number of ether oxygens (including phenoxy) is 2. The van der Waals surface area contributed by atoms with Gasteiger partial charge in [-0.2, -0.15) is 0 Å². The molecule has 0 saturated heterocycles. The van der Waals surface area contributed by atoms with Crippen molar-refractivity contribution in [3.63, 3.8) is 0 Å². The summed E-state index contributed by atoms with van der Waals surface area (Å²) in [6.45, 7) is 5.06. The van der Waals surface area contributed by atoms with Gasteiger partial charge in [0.2, 0.25) is 0 Å². The molecule has 1 aromatic carbocycles. The number of carbonyl (C=O) groups excluding carboxylic acids is 1. The van der Waals surface area contributed by atoms with Gasteiger partial charge < -0.3 is 9.47 Å². The van der Waals surface area contributed by atoms with E-state index in [4.69, 9.17) is 9.47 Å². The smallest absolute Gasteiger partial charge is 0.428 e. The fourth-order valence-corrected chi connectivity index (χ4v) is 1.84. The van der Waals surface area contributed by atoms with Crippen molar-refractivity contribution in [3.8, 4) is 5.75 Å². The second-order valence-corrected chi connectivity index (χ2v) is 5.42. The lowest BCUT2D eigenvalue weighted by atomic mass is 10.1. The Kier molecular flexibility index (Phi) is 5.29. The Bertz CT molecular complexity index is 456. The van der Waals surface area contributed by atoms with Gasteiger partial charge in [-0.3, -0.25) is 0 Å². The Morgan fingerprint density at radius 3 is 2.47 bits per heavy atom. The summed E-state index contributed by atoms with van der Waals surface area (Å²) in [4.78, 5) is 11.4. The van der Waals surface area contributed by atoms with Crippen molar-refractivity contribution in [1.82, 2.24) is 0 Å². The predicted octanol–water partition coefficient (Wildman–Crippen LogP) is 4.83. The van der Waals surface area contributed by atoms with Crippen LogP contribution < -0.4 is 4.74 Å². The Balaban J connectivity index is 2.85. The van der Waals surface area contributed by atoms with E-state index in [1.165, 1.54) is 12.1 Å². The highest BCUT2D eigenvalue weighted by Gasteiger charge is 2.19. The molecule has 0 aliphatic heterocycles. The summed E-state index contributed by atoms with van der Waals surface area (Å²) in [7, 11) is 0. The van der Waals surface area contributed by atoms with E-state index in [1.807, 2.05) is 0 Å². The monoisotopic (exact) mass is 336 g/mol. The zero-order valence-corrected chi connectivity index (χ0v) is 12.5. The maximum Gasteiger partial charge on any atom is 0.514 e. The molecule has 0 atom stereocenters. The average molecular weight is 337 g/mol. The Labute approximate surface area is 119 Å². The van der Waals surface area contributed by atoms with Gasteiger partial charge in [0.25, 0.3) is 6.43 Å². The number of alkyl halides is 3. The third-order valence-corrected chi connectivity index (χ3v) is 2.69. The first-order valence-electron chi connectivity index (χ1n) is 5.60. The van der Waals surface area contributed by atoms with Gasteiger partial charge >= 0.3 is 6.16 Å². The molecule has 0 saturated carbocycles. The van der Waals surface area contributed by atoms with Gasteiger partial charge in [0.05, 0.1) is 0 Å². The molecule has 0 fully saturated rings. The SMILES string of the molecule is CC(C)(C)OC(=O)Oc1ccc(CBr)c(C(F)F)c1. The summed E-state index contributed by atoms with van der Waals surface area (Å²) in [6, 6.07) is 4.08. The van der Waals surface area contributed by atoms with Crippen LogP contribution in [0.1, 0.15) is 38.3 Å². The van der Waals surface area contributed by atoms with Gasteiger partial charge in [-0.05, 0) is 38.5 Å². The summed E-state index contributed by atoms with van der Waals surface area (Å²) in [5.74, 6) is 0.0363. The van der Waals surface area contributed by atoms with Gasteiger partial charge in [0.15, 0.2) is 0 Å². The Morgan fingerprint density at radius 1 is 1.37 bits per heavy atom. The zero-order chi connectivity index (χ0) is 14.6. The summed E-state index contributed by atoms with van der Waals surface area (Å²) >= 11 is 3.13. The van der Waals surface area contributed by atoms with Crippen LogP contribution in [0.25, 0.3) is 0 Å². The van der Waals surface area contributed by atoms with Crippen molar-refractivity contribution in [2.24, 2.45) is 0 Å². The van der Waals surface area contributed by atoms with Crippen LogP contribution in [0.5, 0.6) is 5.75 Å². The quantitative estimate of drug-likeness (QED) is 0.450. The van der Waals surface area contributed by atoms with Crippen LogP contribution in [0, 0.1) is 0 Å². The normalized spacial score (nSPS) is 11.5. The van der Waals surface area contributed by atoms with Crippen LogP contribution in [0.2, 0.25) is 0 Å². The predicted molar refractivity (Wildman–Crippen MR) is 70.9 cm³/mol. The largest absolute Gasteiger partial charge is 0.514 e. The van der Waals surface area contributed by atoms with Crippen molar-refractivity contribution < 1.29 is 23.0 Å². The van der Waals surface area contributed by atoms with Crippen molar-refractivity contribution in [3.05, 3.63) is 29.3 Å². The molecule has 0 aliphatic carbocycles. The molecule has 0 amide bonds. The lowest BCUT2D eigenvalue weighted by molar-refractivity contribution is 0.0205. The van der Waals surface area contributed by atoms with Crippen molar-refractivity contribution in [2.45, 2.75) is 38.1 Å². The molecular formula is C13H15BrF2O3. The molecule has 1 aromatic rings. The molecule has 0 aromatic heterocycles. The second-order valence-electron chi connectivity index (χ2n) is 4.86. The molecule has 0 heterocycles. The first-order chi connectivity index (χ1) is 8.73. The van der Waals surface area contributed by atoms with Gasteiger partial charge in [-0.15, -0.1) is 0 Å². The maximum atomic E-state index is 12.8. The van der Waals surface area contributed by atoms with Crippen LogP contribution in [0.3, 0.4) is 0 Å². The van der Waals surface area contributed by atoms with Crippen molar-refractivity contribution >= 4 is 22.1 Å². The molecule has 0 aliphatic rings. The van der Waals surface area contributed by atoms with E-state index in [-0.39, 0.29) is 11.3 Å². The highest BCUT2D eigenvalue weighted by atomic mass is 79.9. The zero-order valence-electron chi connectivity index (χ0n) is 10.9. The number of carbonyl (C=O) groups is 1. The number of halogens is 3.